The van der Waals surface area contributed by atoms with E-state index in [0.29, 0.717) is 35.7 Å². The molecule has 0 saturated carbocycles. The summed E-state index contributed by atoms with van der Waals surface area (Å²) >= 11 is 0. The summed E-state index contributed by atoms with van der Waals surface area (Å²) in [6.07, 6.45) is 0.741. The van der Waals surface area contributed by atoms with Gasteiger partial charge in [-0.15, -0.1) is 0 Å². The summed E-state index contributed by atoms with van der Waals surface area (Å²) < 4.78 is 10.6. The summed E-state index contributed by atoms with van der Waals surface area (Å²) in [7, 11) is 1.62. The summed E-state index contributed by atoms with van der Waals surface area (Å²) in [6, 6.07) is 13.9. The minimum absolute atomic E-state index is 0.0193. The van der Waals surface area contributed by atoms with Crippen molar-refractivity contribution >= 4 is 17.5 Å². The second-order valence-electron chi connectivity index (χ2n) is 6.30. The first-order valence-electron chi connectivity index (χ1n) is 8.95. The van der Waals surface area contributed by atoms with Gasteiger partial charge in [0.1, 0.15) is 5.75 Å². The van der Waals surface area contributed by atoms with Gasteiger partial charge in [-0.3, -0.25) is 9.59 Å². The Labute approximate surface area is 159 Å². The summed E-state index contributed by atoms with van der Waals surface area (Å²) in [5, 5.41) is 5.64. The minimum atomic E-state index is -0.302. The van der Waals surface area contributed by atoms with Gasteiger partial charge in [0.05, 0.1) is 17.4 Å². The van der Waals surface area contributed by atoms with E-state index in [4.69, 9.17) is 9.47 Å². The number of para-hydroxylation sites is 1. The van der Waals surface area contributed by atoms with E-state index in [1.54, 1.807) is 55.6 Å². The van der Waals surface area contributed by atoms with E-state index in [0.717, 1.165) is 6.42 Å². The van der Waals surface area contributed by atoms with Crippen LogP contribution in [0, 0.1) is 0 Å². The average Bonchev–Trinajstić information content (AvgIpc) is 2.65. The average molecular weight is 370 g/mol. The van der Waals surface area contributed by atoms with Crippen molar-refractivity contribution in [1.82, 2.24) is 5.32 Å². The van der Waals surface area contributed by atoms with Crippen molar-refractivity contribution in [2.75, 3.05) is 25.6 Å². The Balaban J connectivity index is 2.09. The van der Waals surface area contributed by atoms with Crippen molar-refractivity contribution in [3.8, 4) is 5.75 Å². The number of rotatable bonds is 9. The molecule has 0 bridgehead atoms. The lowest BCUT2D eigenvalue weighted by atomic mass is 10.1. The van der Waals surface area contributed by atoms with Crippen LogP contribution in [0.5, 0.6) is 5.75 Å². The van der Waals surface area contributed by atoms with E-state index in [-0.39, 0.29) is 17.9 Å². The quantitative estimate of drug-likeness (QED) is 0.663. The van der Waals surface area contributed by atoms with Crippen LogP contribution in [0.3, 0.4) is 0 Å². The zero-order valence-corrected chi connectivity index (χ0v) is 16.0. The molecule has 6 nitrogen and oxygen atoms in total. The third-order valence-electron chi connectivity index (χ3n) is 3.70. The lowest BCUT2D eigenvalue weighted by molar-refractivity contribution is 0.0949. The molecule has 2 aromatic rings. The van der Waals surface area contributed by atoms with Crippen LogP contribution in [-0.4, -0.2) is 38.2 Å². The molecule has 6 heteroatoms. The number of carbonyl (C=O) groups is 2. The molecule has 0 saturated heterocycles. The molecular formula is C21H26N2O4. The molecule has 0 fully saturated rings. The minimum Gasteiger partial charge on any atom is -0.491 e. The highest BCUT2D eigenvalue weighted by Crippen LogP contribution is 2.19. The largest absolute Gasteiger partial charge is 0.491 e. The van der Waals surface area contributed by atoms with Crippen LogP contribution in [0.4, 0.5) is 5.69 Å². The second-order valence-corrected chi connectivity index (χ2v) is 6.30. The lowest BCUT2D eigenvalue weighted by Gasteiger charge is -2.13. The SMILES string of the molecule is COCCCNC(=O)c1ccccc1NC(=O)c1cccc(OC(C)C)c1. The van der Waals surface area contributed by atoms with E-state index in [2.05, 4.69) is 10.6 Å². The van der Waals surface area contributed by atoms with E-state index in [1.807, 2.05) is 13.8 Å². The van der Waals surface area contributed by atoms with Gasteiger partial charge in [0.25, 0.3) is 11.8 Å². The highest BCUT2D eigenvalue weighted by atomic mass is 16.5. The van der Waals surface area contributed by atoms with Gasteiger partial charge in [-0.05, 0) is 50.6 Å². The first-order valence-corrected chi connectivity index (χ1v) is 8.95. The molecule has 0 spiro atoms. The zero-order chi connectivity index (χ0) is 19.6. The van der Waals surface area contributed by atoms with Crippen molar-refractivity contribution in [3.63, 3.8) is 0 Å². The first-order chi connectivity index (χ1) is 13.0. The fourth-order valence-corrected chi connectivity index (χ4v) is 2.48. The molecule has 0 aliphatic carbocycles. The van der Waals surface area contributed by atoms with Gasteiger partial charge in [-0.1, -0.05) is 18.2 Å². The first kappa shape index (κ1) is 20.5. The number of methoxy groups -OCH3 is 1. The predicted molar refractivity (Wildman–Crippen MR) is 105 cm³/mol. The fraction of sp³-hybridized carbons (Fsp3) is 0.333. The topological polar surface area (TPSA) is 76.7 Å². The van der Waals surface area contributed by atoms with Crippen molar-refractivity contribution in [3.05, 3.63) is 59.7 Å². The molecule has 2 N–H and O–H groups in total. The summed E-state index contributed by atoms with van der Waals surface area (Å²) in [5.74, 6) is 0.0876. The number of anilines is 1. The standard InChI is InChI=1S/C21H26N2O4/c1-15(2)27-17-9-6-8-16(14-17)20(24)23-19-11-5-4-10-18(19)21(25)22-12-7-13-26-3/h4-6,8-11,14-15H,7,12-13H2,1-3H3,(H,22,25)(H,23,24). The molecule has 0 aromatic heterocycles. The molecule has 144 valence electrons. The van der Waals surface area contributed by atoms with Gasteiger partial charge >= 0.3 is 0 Å². The summed E-state index contributed by atoms with van der Waals surface area (Å²) in [5.41, 5.74) is 1.34. The van der Waals surface area contributed by atoms with Crippen LogP contribution in [0.2, 0.25) is 0 Å². The highest BCUT2D eigenvalue weighted by Gasteiger charge is 2.14. The second kappa shape index (κ2) is 10.3. The highest BCUT2D eigenvalue weighted by molar-refractivity contribution is 6.09. The molecule has 0 atom stereocenters. The molecule has 2 amide bonds. The van der Waals surface area contributed by atoms with Crippen molar-refractivity contribution in [2.45, 2.75) is 26.4 Å². The van der Waals surface area contributed by atoms with Crippen LogP contribution in [0.25, 0.3) is 0 Å². The predicted octanol–water partition coefficient (Wildman–Crippen LogP) is 3.49. The molecule has 0 unspecified atom stereocenters. The molecule has 27 heavy (non-hydrogen) atoms. The van der Waals surface area contributed by atoms with Gasteiger partial charge in [-0.2, -0.15) is 0 Å². The number of ether oxygens (including phenoxy) is 2. The van der Waals surface area contributed by atoms with Crippen LogP contribution >= 0.6 is 0 Å². The van der Waals surface area contributed by atoms with Gasteiger partial charge in [0, 0.05) is 25.8 Å². The molecule has 0 aliphatic rings. The van der Waals surface area contributed by atoms with Crippen molar-refractivity contribution in [2.24, 2.45) is 0 Å². The third kappa shape index (κ3) is 6.42. The van der Waals surface area contributed by atoms with E-state index in [1.165, 1.54) is 0 Å². The smallest absolute Gasteiger partial charge is 0.255 e. The van der Waals surface area contributed by atoms with E-state index < -0.39 is 0 Å². The Morgan fingerprint density at radius 3 is 2.56 bits per heavy atom. The maximum absolute atomic E-state index is 12.6. The monoisotopic (exact) mass is 370 g/mol. The Hall–Kier alpha value is -2.86. The van der Waals surface area contributed by atoms with Gasteiger partial charge in [-0.25, -0.2) is 0 Å². The molecule has 2 aromatic carbocycles. The molecule has 2 rings (SSSR count). The Morgan fingerprint density at radius 2 is 1.81 bits per heavy atom. The van der Waals surface area contributed by atoms with Gasteiger partial charge < -0.3 is 20.1 Å². The number of hydrogen-bond acceptors (Lipinski definition) is 4. The van der Waals surface area contributed by atoms with Crippen LogP contribution in [-0.2, 0) is 4.74 Å². The summed E-state index contributed by atoms with van der Waals surface area (Å²) in [6.45, 7) is 4.93. The van der Waals surface area contributed by atoms with Crippen molar-refractivity contribution in [1.29, 1.82) is 0 Å². The van der Waals surface area contributed by atoms with Gasteiger partial charge in [0.15, 0.2) is 0 Å². The van der Waals surface area contributed by atoms with Crippen LogP contribution in [0.1, 0.15) is 41.0 Å². The van der Waals surface area contributed by atoms with Crippen LogP contribution < -0.4 is 15.4 Å². The molecule has 0 heterocycles. The normalized spacial score (nSPS) is 10.5. The van der Waals surface area contributed by atoms with E-state index >= 15 is 0 Å². The van der Waals surface area contributed by atoms with Crippen LogP contribution in [0.15, 0.2) is 48.5 Å². The van der Waals surface area contributed by atoms with Crippen molar-refractivity contribution < 1.29 is 19.1 Å². The number of carbonyl (C=O) groups excluding carboxylic acids is 2. The van der Waals surface area contributed by atoms with E-state index in [9.17, 15) is 9.59 Å². The summed E-state index contributed by atoms with van der Waals surface area (Å²) in [4.78, 5) is 25.0. The Morgan fingerprint density at radius 1 is 1.04 bits per heavy atom. The fourth-order valence-electron chi connectivity index (χ4n) is 2.48. The Kier molecular flexibility index (Phi) is 7.82. The zero-order valence-electron chi connectivity index (χ0n) is 16.0. The molecular weight excluding hydrogens is 344 g/mol. The molecule has 0 aliphatic heterocycles. The number of amides is 2. The number of nitrogens with one attached hydrogen (secondary N) is 2. The number of benzene rings is 2. The maximum Gasteiger partial charge on any atom is 0.255 e. The third-order valence-corrected chi connectivity index (χ3v) is 3.70. The number of hydrogen-bond donors (Lipinski definition) is 2. The Bertz CT molecular complexity index is 774. The van der Waals surface area contributed by atoms with Gasteiger partial charge in [0.2, 0.25) is 0 Å². The lowest BCUT2D eigenvalue weighted by Crippen LogP contribution is -2.26. The molecule has 0 radical (unpaired) electrons. The maximum atomic E-state index is 12.6.